The number of rotatable bonds is 4. The summed E-state index contributed by atoms with van der Waals surface area (Å²) in [5.41, 5.74) is -1.14. The van der Waals surface area contributed by atoms with Crippen molar-refractivity contribution in [1.82, 2.24) is 9.80 Å². The number of carbonyl (C=O) groups is 2. The minimum Gasteiger partial charge on any atom is -0.480 e. The fourth-order valence-electron chi connectivity index (χ4n) is 2.49. The molecule has 0 bridgehead atoms. The molecule has 1 atom stereocenters. The van der Waals surface area contributed by atoms with Gasteiger partial charge >= 0.3 is 12.0 Å². The number of carboxylic acid groups (broad SMARTS) is 1. The predicted octanol–water partition coefficient (Wildman–Crippen LogP) is 1.14. The molecule has 1 heterocycles. The maximum absolute atomic E-state index is 12.5. The van der Waals surface area contributed by atoms with Crippen LogP contribution in [0.5, 0.6) is 0 Å². The second-order valence-electron chi connectivity index (χ2n) is 5.48. The minimum absolute atomic E-state index is 0.0698. The first-order valence-electron chi connectivity index (χ1n) is 6.77. The maximum atomic E-state index is 12.5. The number of hydrogen-bond acceptors (Lipinski definition) is 3. The van der Waals surface area contributed by atoms with Crippen molar-refractivity contribution in [3.8, 4) is 0 Å². The number of piperidine rings is 1. The molecule has 0 aliphatic carbocycles. The molecule has 1 rings (SSSR count). The highest BCUT2D eigenvalue weighted by Crippen LogP contribution is 2.29. The van der Waals surface area contributed by atoms with E-state index in [1.807, 2.05) is 13.8 Å². The van der Waals surface area contributed by atoms with Crippen LogP contribution in [-0.2, 0) is 4.79 Å². The van der Waals surface area contributed by atoms with Gasteiger partial charge in [-0.1, -0.05) is 0 Å². The van der Waals surface area contributed by atoms with Crippen molar-refractivity contribution >= 4 is 12.0 Å². The molecule has 1 saturated heterocycles. The monoisotopic (exact) mass is 272 g/mol. The normalized spacial score (nSPS) is 23.5. The second-order valence-corrected chi connectivity index (χ2v) is 5.48. The summed E-state index contributed by atoms with van der Waals surface area (Å²) in [5, 5.41) is 18.4. The Labute approximate surface area is 114 Å². The molecule has 2 N–H and O–H groups in total. The summed E-state index contributed by atoms with van der Waals surface area (Å²) < 4.78 is 0. The van der Waals surface area contributed by atoms with Gasteiger partial charge in [0.05, 0.1) is 6.61 Å². The average Bonchev–Trinajstić information content (AvgIpc) is 2.35. The standard InChI is InChI=1S/C13H24N2O4/c1-10(2)14(8-9-16)12(19)15-7-5-4-6-13(15,3)11(17)18/h10,16H,4-9H2,1-3H3,(H,17,18). The van der Waals surface area contributed by atoms with Gasteiger partial charge in [0.1, 0.15) is 5.54 Å². The summed E-state index contributed by atoms with van der Waals surface area (Å²) in [5.74, 6) is -0.965. The molecule has 1 fully saturated rings. The maximum Gasteiger partial charge on any atom is 0.329 e. The summed E-state index contributed by atoms with van der Waals surface area (Å²) in [4.78, 5) is 27.0. The zero-order valence-corrected chi connectivity index (χ0v) is 11.9. The lowest BCUT2D eigenvalue weighted by Gasteiger charge is -2.44. The number of nitrogens with zero attached hydrogens (tertiary/aromatic N) is 2. The molecule has 0 radical (unpaired) electrons. The van der Waals surface area contributed by atoms with E-state index < -0.39 is 11.5 Å². The van der Waals surface area contributed by atoms with E-state index in [2.05, 4.69) is 0 Å². The third-order valence-electron chi connectivity index (χ3n) is 3.79. The van der Waals surface area contributed by atoms with Gasteiger partial charge in [-0.25, -0.2) is 9.59 Å². The van der Waals surface area contributed by atoms with Crippen molar-refractivity contribution in [3.05, 3.63) is 0 Å². The van der Waals surface area contributed by atoms with Gasteiger partial charge in [0.15, 0.2) is 0 Å². The van der Waals surface area contributed by atoms with E-state index in [4.69, 9.17) is 5.11 Å². The lowest BCUT2D eigenvalue weighted by molar-refractivity contribution is -0.151. The van der Waals surface area contributed by atoms with Crippen LogP contribution in [0.1, 0.15) is 40.0 Å². The molecular weight excluding hydrogens is 248 g/mol. The summed E-state index contributed by atoms with van der Waals surface area (Å²) >= 11 is 0. The lowest BCUT2D eigenvalue weighted by atomic mass is 9.88. The van der Waals surface area contributed by atoms with Gasteiger partial charge in [0.25, 0.3) is 0 Å². The summed E-state index contributed by atoms with van der Waals surface area (Å²) in [6.45, 7) is 5.87. The highest BCUT2D eigenvalue weighted by Gasteiger charge is 2.45. The zero-order valence-electron chi connectivity index (χ0n) is 11.9. The Morgan fingerprint density at radius 1 is 1.37 bits per heavy atom. The second kappa shape index (κ2) is 6.23. The van der Waals surface area contributed by atoms with Gasteiger partial charge in [-0.15, -0.1) is 0 Å². The molecule has 0 aromatic rings. The SMILES string of the molecule is CC(C)N(CCO)C(=O)N1CCCCC1(C)C(=O)O. The number of aliphatic carboxylic acids is 1. The van der Waals surface area contributed by atoms with Crippen molar-refractivity contribution in [1.29, 1.82) is 0 Å². The molecule has 1 aliphatic heterocycles. The first-order valence-corrected chi connectivity index (χ1v) is 6.77. The van der Waals surface area contributed by atoms with E-state index in [0.717, 1.165) is 12.8 Å². The van der Waals surface area contributed by atoms with Crippen LogP contribution >= 0.6 is 0 Å². The quantitative estimate of drug-likeness (QED) is 0.804. The van der Waals surface area contributed by atoms with Gasteiger partial charge in [-0.3, -0.25) is 0 Å². The van der Waals surface area contributed by atoms with E-state index >= 15 is 0 Å². The average molecular weight is 272 g/mol. The van der Waals surface area contributed by atoms with Crippen LogP contribution in [0.15, 0.2) is 0 Å². The Bertz CT molecular complexity index is 346. The van der Waals surface area contributed by atoms with E-state index in [1.54, 1.807) is 6.92 Å². The molecule has 19 heavy (non-hydrogen) atoms. The Morgan fingerprint density at radius 3 is 2.47 bits per heavy atom. The molecule has 0 saturated carbocycles. The summed E-state index contributed by atoms with van der Waals surface area (Å²) in [7, 11) is 0. The molecule has 0 aromatic carbocycles. The van der Waals surface area contributed by atoms with Gasteiger partial charge < -0.3 is 20.0 Å². The van der Waals surface area contributed by atoms with Crippen molar-refractivity contribution in [2.45, 2.75) is 51.6 Å². The van der Waals surface area contributed by atoms with Crippen LogP contribution in [0.4, 0.5) is 4.79 Å². The van der Waals surface area contributed by atoms with Crippen LogP contribution in [0, 0.1) is 0 Å². The number of carbonyl (C=O) groups excluding carboxylic acids is 1. The fraction of sp³-hybridized carbons (Fsp3) is 0.846. The number of amides is 2. The number of likely N-dealkylation sites (tertiary alicyclic amines) is 1. The van der Waals surface area contributed by atoms with E-state index in [-0.39, 0.29) is 25.2 Å². The van der Waals surface area contributed by atoms with Gasteiger partial charge in [0, 0.05) is 19.1 Å². The Balaban J connectivity index is 2.96. The van der Waals surface area contributed by atoms with Gasteiger partial charge in [0.2, 0.25) is 0 Å². The molecule has 6 heteroatoms. The molecule has 1 aliphatic rings. The third-order valence-corrected chi connectivity index (χ3v) is 3.79. The van der Waals surface area contributed by atoms with E-state index in [1.165, 1.54) is 9.80 Å². The predicted molar refractivity (Wildman–Crippen MR) is 70.9 cm³/mol. The molecular formula is C13H24N2O4. The number of aliphatic hydroxyl groups is 1. The number of hydrogen-bond donors (Lipinski definition) is 2. The van der Waals surface area contributed by atoms with Crippen LogP contribution in [0.25, 0.3) is 0 Å². The van der Waals surface area contributed by atoms with Crippen molar-refractivity contribution < 1.29 is 19.8 Å². The smallest absolute Gasteiger partial charge is 0.329 e. The Kier molecular flexibility index (Phi) is 5.17. The first-order chi connectivity index (χ1) is 8.84. The van der Waals surface area contributed by atoms with E-state index in [9.17, 15) is 14.7 Å². The molecule has 2 amide bonds. The fourth-order valence-corrected chi connectivity index (χ4v) is 2.49. The van der Waals surface area contributed by atoms with Crippen molar-refractivity contribution in [2.75, 3.05) is 19.7 Å². The molecule has 110 valence electrons. The van der Waals surface area contributed by atoms with Crippen molar-refractivity contribution in [2.24, 2.45) is 0 Å². The number of carboxylic acids is 1. The van der Waals surface area contributed by atoms with Crippen LogP contribution in [0.2, 0.25) is 0 Å². The zero-order chi connectivity index (χ0) is 14.6. The summed E-state index contributed by atoms with van der Waals surface area (Å²) in [6.07, 6.45) is 2.10. The van der Waals surface area contributed by atoms with Crippen LogP contribution in [-0.4, -0.2) is 63.3 Å². The molecule has 0 aromatic heterocycles. The van der Waals surface area contributed by atoms with Crippen LogP contribution in [0.3, 0.4) is 0 Å². The minimum atomic E-state index is -1.14. The van der Waals surface area contributed by atoms with Gasteiger partial charge in [-0.05, 0) is 40.0 Å². The Hall–Kier alpha value is -1.30. The highest BCUT2D eigenvalue weighted by atomic mass is 16.4. The first kappa shape index (κ1) is 15.8. The topological polar surface area (TPSA) is 81.1 Å². The Morgan fingerprint density at radius 2 is 2.00 bits per heavy atom. The van der Waals surface area contributed by atoms with Gasteiger partial charge in [-0.2, -0.15) is 0 Å². The highest BCUT2D eigenvalue weighted by molar-refractivity contribution is 5.86. The van der Waals surface area contributed by atoms with E-state index in [0.29, 0.717) is 13.0 Å². The largest absolute Gasteiger partial charge is 0.480 e. The molecule has 1 unspecified atom stereocenters. The number of urea groups is 1. The third kappa shape index (κ3) is 3.18. The molecule has 6 nitrogen and oxygen atoms in total. The number of aliphatic hydroxyl groups excluding tert-OH is 1. The van der Waals surface area contributed by atoms with Crippen LogP contribution < -0.4 is 0 Å². The lowest BCUT2D eigenvalue weighted by Crippen LogP contribution is -2.61. The molecule has 0 spiro atoms. The van der Waals surface area contributed by atoms with Crippen molar-refractivity contribution in [3.63, 3.8) is 0 Å². The summed E-state index contributed by atoms with van der Waals surface area (Å²) in [6, 6.07) is -0.367.